The van der Waals surface area contributed by atoms with Gasteiger partial charge in [-0.25, -0.2) is 0 Å². The molecule has 1 aromatic rings. The summed E-state index contributed by atoms with van der Waals surface area (Å²) in [5.74, 6) is -3.82. The summed E-state index contributed by atoms with van der Waals surface area (Å²) in [6.07, 6.45) is -5.26. The van der Waals surface area contributed by atoms with Crippen LogP contribution in [0.15, 0.2) is 17.0 Å². The summed E-state index contributed by atoms with van der Waals surface area (Å²) in [7, 11) is -4.94. The van der Waals surface area contributed by atoms with Gasteiger partial charge in [0.15, 0.2) is 0 Å². The summed E-state index contributed by atoms with van der Waals surface area (Å²) in [6.45, 7) is 1.14. The van der Waals surface area contributed by atoms with E-state index in [1.807, 2.05) is 0 Å². The molecule has 0 aliphatic heterocycles. The van der Waals surface area contributed by atoms with Crippen LogP contribution in [0.3, 0.4) is 0 Å². The fourth-order valence-corrected chi connectivity index (χ4v) is 2.16. The Morgan fingerprint density at radius 3 is 2.17 bits per heavy atom. The van der Waals surface area contributed by atoms with Crippen LogP contribution in [0.1, 0.15) is 15.9 Å². The first-order chi connectivity index (χ1) is 7.96. The number of phenolic OH excluding ortho intramolecular Hbond substituents is 1. The molecule has 0 amide bonds. The quantitative estimate of drug-likeness (QED) is 0.637. The lowest BCUT2D eigenvalue weighted by Gasteiger charge is -2.11. The average Bonchev–Trinajstić information content (AvgIpc) is 2.13. The van der Waals surface area contributed by atoms with Crippen LogP contribution in [-0.2, 0) is 10.1 Å². The van der Waals surface area contributed by atoms with Gasteiger partial charge in [-0.05, 0) is 18.6 Å². The molecular formula is C9H7F3O5S. The maximum atomic E-state index is 12.2. The van der Waals surface area contributed by atoms with E-state index in [0.717, 1.165) is 13.0 Å². The van der Waals surface area contributed by atoms with Gasteiger partial charge in [0.25, 0.3) is 15.9 Å². The Hall–Kier alpha value is -1.61. The molecule has 18 heavy (non-hydrogen) atoms. The molecular weight excluding hydrogens is 277 g/mol. The lowest BCUT2D eigenvalue weighted by Crippen LogP contribution is -2.23. The molecule has 0 radical (unpaired) electrons. The summed E-state index contributed by atoms with van der Waals surface area (Å²) in [6, 6.07) is 1.51. The van der Waals surface area contributed by atoms with Crippen molar-refractivity contribution in [3.05, 3.63) is 23.3 Å². The van der Waals surface area contributed by atoms with Crippen LogP contribution in [0.2, 0.25) is 0 Å². The Morgan fingerprint density at radius 1 is 1.28 bits per heavy atom. The highest BCUT2D eigenvalue weighted by atomic mass is 32.2. The molecule has 0 aliphatic rings. The van der Waals surface area contributed by atoms with Crippen LogP contribution >= 0.6 is 0 Å². The zero-order valence-corrected chi connectivity index (χ0v) is 9.63. The van der Waals surface area contributed by atoms with Crippen molar-refractivity contribution >= 4 is 15.9 Å². The van der Waals surface area contributed by atoms with Crippen molar-refractivity contribution in [2.24, 2.45) is 0 Å². The van der Waals surface area contributed by atoms with E-state index in [9.17, 15) is 31.5 Å². The van der Waals surface area contributed by atoms with Crippen molar-refractivity contribution in [2.45, 2.75) is 18.0 Å². The lowest BCUT2D eigenvalue weighted by molar-refractivity contribution is -0.0886. The number of hydrogen-bond acceptors (Lipinski definition) is 4. The van der Waals surface area contributed by atoms with E-state index in [1.165, 1.54) is 0 Å². The van der Waals surface area contributed by atoms with Crippen LogP contribution < -0.4 is 0 Å². The van der Waals surface area contributed by atoms with E-state index in [4.69, 9.17) is 4.55 Å². The second-order valence-corrected chi connectivity index (χ2v) is 4.77. The molecule has 0 atom stereocenters. The first-order valence-electron chi connectivity index (χ1n) is 4.38. The molecule has 0 saturated heterocycles. The number of carbonyl (C=O) groups is 1. The van der Waals surface area contributed by atoms with E-state index >= 15 is 0 Å². The number of hydrogen-bond donors (Lipinski definition) is 2. The van der Waals surface area contributed by atoms with E-state index in [0.29, 0.717) is 6.07 Å². The number of benzene rings is 1. The Bertz CT molecular complexity index is 603. The van der Waals surface area contributed by atoms with Crippen molar-refractivity contribution in [3.8, 4) is 5.75 Å². The molecule has 1 rings (SSSR count). The summed E-state index contributed by atoms with van der Waals surface area (Å²) in [5, 5.41) is 9.38. The van der Waals surface area contributed by atoms with Crippen molar-refractivity contribution < 1.29 is 36.0 Å². The van der Waals surface area contributed by atoms with Crippen LogP contribution in [0, 0.1) is 6.92 Å². The zero-order valence-electron chi connectivity index (χ0n) is 8.82. The van der Waals surface area contributed by atoms with Crippen LogP contribution in [-0.4, -0.2) is 30.0 Å². The van der Waals surface area contributed by atoms with Gasteiger partial charge in [0, 0.05) is 0 Å². The van der Waals surface area contributed by atoms with Gasteiger partial charge in [0.1, 0.15) is 10.6 Å². The molecule has 0 fully saturated rings. The molecule has 0 bridgehead atoms. The smallest absolute Gasteiger partial charge is 0.455 e. The molecule has 0 heterocycles. The fraction of sp³-hybridized carbons (Fsp3) is 0.222. The molecule has 0 spiro atoms. The van der Waals surface area contributed by atoms with Gasteiger partial charge in [-0.3, -0.25) is 9.35 Å². The number of ketones is 1. The largest absolute Gasteiger partial charge is 0.506 e. The van der Waals surface area contributed by atoms with Gasteiger partial charge < -0.3 is 5.11 Å². The van der Waals surface area contributed by atoms with Crippen molar-refractivity contribution in [3.63, 3.8) is 0 Å². The Labute approximate surface area is 99.6 Å². The third kappa shape index (κ3) is 2.62. The number of Topliss-reactive ketones (excluding diaryl/α,β-unsaturated/α-hetero) is 1. The van der Waals surface area contributed by atoms with E-state index in [2.05, 4.69) is 0 Å². The maximum absolute atomic E-state index is 12.2. The van der Waals surface area contributed by atoms with E-state index in [-0.39, 0.29) is 5.56 Å². The lowest BCUT2D eigenvalue weighted by atomic mass is 10.1. The van der Waals surface area contributed by atoms with Crippen LogP contribution in [0.25, 0.3) is 0 Å². The highest BCUT2D eigenvalue weighted by molar-refractivity contribution is 7.86. The highest BCUT2D eigenvalue weighted by Gasteiger charge is 2.41. The first kappa shape index (κ1) is 14.5. The predicted molar refractivity (Wildman–Crippen MR) is 53.0 cm³/mol. The Morgan fingerprint density at radius 2 is 1.78 bits per heavy atom. The van der Waals surface area contributed by atoms with E-state index in [1.54, 1.807) is 0 Å². The molecule has 5 nitrogen and oxygen atoms in total. The zero-order chi connectivity index (χ0) is 14.3. The first-order valence-corrected chi connectivity index (χ1v) is 5.82. The van der Waals surface area contributed by atoms with Gasteiger partial charge >= 0.3 is 6.18 Å². The molecule has 0 aromatic heterocycles. The molecule has 0 saturated carbocycles. The Kier molecular flexibility index (Phi) is 3.41. The van der Waals surface area contributed by atoms with Crippen molar-refractivity contribution in [2.75, 3.05) is 0 Å². The number of aryl methyl sites for hydroxylation is 1. The third-order valence-electron chi connectivity index (χ3n) is 2.09. The SMILES string of the molecule is Cc1ccc(C(=O)C(F)(F)F)c(O)c1S(=O)(=O)O. The summed E-state index contributed by atoms with van der Waals surface area (Å²) < 4.78 is 67.1. The average molecular weight is 284 g/mol. The monoisotopic (exact) mass is 284 g/mol. The van der Waals surface area contributed by atoms with Crippen LogP contribution in [0.5, 0.6) is 5.75 Å². The standard InChI is InChI=1S/C9H7F3O5S/c1-4-2-3-5(8(14)9(10,11)12)6(13)7(4)18(15,16)17/h2-3,13H,1H3,(H,15,16,17). The minimum Gasteiger partial charge on any atom is -0.506 e. The fourth-order valence-electron chi connectivity index (χ4n) is 1.33. The number of rotatable bonds is 2. The highest BCUT2D eigenvalue weighted by Crippen LogP contribution is 2.33. The third-order valence-corrected chi connectivity index (χ3v) is 3.12. The van der Waals surface area contributed by atoms with Gasteiger partial charge in [0.2, 0.25) is 0 Å². The van der Waals surface area contributed by atoms with Gasteiger partial charge in [-0.2, -0.15) is 21.6 Å². The van der Waals surface area contributed by atoms with Gasteiger partial charge in [-0.1, -0.05) is 6.07 Å². The predicted octanol–water partition coefficient (Wildman–Crippen LogP) is 1.69. The van der Waals surface area contributed by atoms with Crippen molar-refractivity contribution in [1.29, 1.82) is 0 Å². The summed E-state index contributed by atoms with van der Waals surface area (Å²) >= 11 is 0. The Balaban J connectivity index is 3.59. The number of carbonyl (C=O) groups excluding carboxylic acids is 1. The van der Waals surface area contributed by atoms with Crippen LogP contribution in [0.4, 0.5) is 13.2 Å². The second kappa shape index (κ2) is 4.25. The molecule has 0 unspecified atom stereocenters. The number of alkyl halides is 3. The van der Waals surface area contributed by atoms with Gasteiger partial charge in [0.05, 0.1) is 5.56 Å². The normalized spacial score (nSPS) is 12.5. The van der Waals surface area contributed by atoms with E-state index < -0.39 is 38.3 Å². The number of phenols is 1. The molecule has 1 aromatic carbocycles. The molecule has 100 valence electrons. The molecule has 9 heteroatoms. The van der Waals surface area contributed by atoms with Gasteiger partial charge in [-0.15, -0.1) is 0 Å². The van der Waals surface area contributed by atoms with Crippen molar-refractivity contribution in [1.82, 2.24) is 0 Å². The summed E-state index contributed by atoms with van der Waals surface area (Å²) in [5.41, 5.74) is -1.42. The molecule has 2 N–H and O–H groups in total. The molecule has 0 aliphatic carbocycles. The minimum absolute atomic E-state index is 0.186. The minimum atomic E-state index is -5.26. The topological polar surface area (TPSA) is 91.7 Å². The maximum Gasteiger partial charge on any atom is 0.455 e. The number of halogens is 3. The summed E-state index contributed by atoms with van der Waals surface area (Å²) in [4.78, 5) is 9.80. The second-order valence-electron chi connectivity index (χ2n) is 3.41. The number of aromatic hydroxyl groups is 1.